The van der Waals surface area contributed by atoms with Crippen molar-refractivity contribution in [2.45, 2.75) is 37.9 Å². The quantitative estimate of drug-likeness (QED) is 0.185. The van der Waals surface area contributed by atoms with Gasteiger partial charge >= 0.3 is 23.9 Å². The lowest BCUT2D eigenvalue weighted by Crippen LogP contribution is -2.30. The molecule has 0 radical (unpaired) electrons. The van der Waals surface area contributed by atoms with Crippen LogP contribution in [0.4, 0.5) is 0 Å². The second-order valence-corrected chi connectivity index (χ2v) is 11.3. The van der Waals surface area contributed by atoms with Crippen molar-refractivity contribution in [3.8, 4) is 45.6 Å². The van der Waals surface area contributed by atoms with E-state index in [1.807, 2.05) is 0 Å². The summed E-state index contributed by atoms with van der Waals surface area (Å²) >= 11 is 0. The Morgan fingerprint density at radius 3 is 1.33 bits per heavy atom. The van der Waals surface area contributed by atoms with Crippen molar-refractivity contribution in [2.75, 3.05) is 28.4 Å². The van der Waals surface area contributed by atoms with Crippen molar-refractivity contribution < 1.29 is 68.0 Å². The molecule has 0 fully saturated rings. The molecule has 4 aromatic carbocycles. The van der Waals surface area contributed by atoms with Gasteiger partial charge in [0.1, 0.15) is 57.8 Å². The van der Waals surface area contributed by atoms with Gasteiger partial charge in [0.15, 0.2) is 0 Å². The van der Waals surface area contributed by atoms with Crippen LogP contribution < -0.4 is 18.9 Å². The van der Waals surface area contributed by atoms with Crippen LogP contribution in [-0.2, 0) is 31.9 Å². The number of carbonyl (C=O) groups excluding carboxylic acids is 2. The number of carboxylic acid groups (broad SMARTS) is 2. The van der Waals surface area contributed by atoms with Gasteiger partial charge in [-0.15, -0.1) is 0 Å². The van der Waals surface area contributed by atoms with E-state index in [-0.39, 0.29) is 69.2 Å². The summed E-state index contributed by atoms with van der Waals surface area (Å²) in [6.45, 7) is 0. The number of aromatic hydroxyl groups is 2. The van der Waals surface area contributed by atoms with Gasteiger partial charge in [0.2, 0.25) is 0 Å². The van der Waals surface area contributed by atoms with E-state index < -0.39 is 48.9 Å². The normalized spacial score (nSPS) is 16.8. The summed E-state index contributed by atoms with van der Waals surface area (Å²) in [5.41, 5.74) is 1.49. The van der Waals surface area contributed by atoms with Crippen LogP contribution in [0.15, 0.2) is 24.3 Å². The van der Waals surface area contributed by atoms with Crippen molar-refractivity contribution in [1.82, 2.24) is 0 Å². The fraction of sp³-hybridized carbons (Fsp3) is 0.294. The molecule has 4 N–H and O–H groups in total. The number of hydrogen-bond donors (Lipinski definition) is 4. The van der Waals surface area contributed by atoms with E-state index in [1.165, 1.54) is 40.6 Å². The summed E-state index contributed by atoms with van der Waals surface area (Å²) in [5, 5.41) is 42.2. The monoisotopic (exact) mass is 662 g/mol. The number of carboxylic acids is 2. The first-order chi connectivity index (χ1) is 22.9. The standard InChI is InChI=1S/C34H30O14/c1-43-21-11-19(35)27-17(7-13-5-15(9-23(37)38)47-33(41)25(13)31(27)45-3)29(21)30-18-8-14-6-16(10-24(39)40)48-34(42)26(14)32(46-4)28(18)20(36)12-22(30)44-2/h7-8,11-12,15-16,35-36H,5-6,9-10H2,1-4H3,(H,37,38)(H,39,40). The molecular formula is C34H30O14. The van der Waals surface area contributed by atoms with Crippen LogP contribution in [0.2, 0.25) is 0 Å². The molecule has 2 unspecified atom stereocenters. The van der Waals surface area contributed by atoms with Crippen molar-refractivity contribution in [3.05, 3.63) is 46.5 Å². The molecule has 0 saturated heterocycles. The highest BCUT2D eigenvalue weighted by Gasteiger charge is 2.37. The van der Waals surface area contributed by atoms with Crippen LogP contribution in [0, 0.1) is 0 Å². The molecular weight excluding hydrogens is 632 g/mol. The maximum Gasteiger partial charge on any atom is 0.342 e. The first-order valence-electron chi connectivity index (χ1n) is 14.6. The zero-order chi connectivity index (χ0) is 34.6. The Balaban J connectivity index is 1.75. The average Bonchev–Trinajstić information content (AvgIpc) is 3.02. The third kappa shape index (κ3) is 5.05. The Hall–Kier alpha value is -5.92. The largest absolute Gasteiger partial charge is 0.507 e. The molecule has 2 aliphatic rings. The van der Waals surface area contributed by atoms with Gasteiger partial charge in [-0.05, 0) is 23.3 Å². The number of methoxy groups -OCH3 is 4. The highest BCUT2D eigenvalue weighted by Crippen LogP contribution is 2.55. The Morgan fingerprint density at radius 2 is 1.02 bits per heavy atom. The van der Waals surface area contributed by atoms with Gasteiger partial charge in [-0.2, -0.15) is 0 Å². The third-order valence-electron chi connectivity index (χ3n) is 8.56. The van der Waals surface area contributed by atoms with Crippen molar-refractivity contribution >= 4 is 45.4 Å². The number of esters is 2. The number of benzene rings is 4. The maximum atomic E-state index is 13.2. The van der Waals surface area contributed by atoms with E-state index in [2.05, 4.69) is 0 Å². The van der Waals surface area contributed by atoms with Crippen LogP contribution in [0.25, 0.3) is 32.7 Å². The lowest BCUT2D eigenvalue weighted by Gasteiger charge is -2.28. The topological polar surface area (TPSA) is 205 Å². The Bertz CT molecular complexity index is 1920. The number of rotatable bonds is 9. The molecule has 0 aliphatic carbocycles. The van der Waals surface area contributed by atoms with E-state index in [1.54, 1.807) is 12.1 Å². The van der Waals surface area contributed by atoms with E-state index >= 15 is 0 Å². The van der Waals surface area contributed by atoms with Crippen molar-refractivity contribution in [3.63, 3.8) is 0 Å². The molecule has 0 bridgehead atoms. The van der Waals surface area contributed by atoms with Gasteiger partial charge in [0.05, 0.1) is 52.1 Å². The molecule has 4 aromatic rings. The number of fused-ring (bicyclic) bond motifs is 4. The number of phenolic OH excluding ortho intramolecular Hbond substituents is 2. The highest BCUT2D eigenvalue weighted by atomic mass is 16.6. The van der Waals surface area contributed by atoms with E-state index in [4.69, 9.17) is 28.4 Å². The summed E-state index contributed by atoms with van der Waals surface area (Å²) in [4.78, 5) is 49.4. The molecule has 2 aliphatic heterocycles. The van der Waals surface area contributed by atoms with Crippen molar-refractivity contribution in [1.29, 1.82) is 0 Å². The Kier molecular flexibility index (Phi) is 8.03. The number of phenols is 2. The lowest BCUT2D eigenvalue weighted by atomic mass is 9.85. The van der Waals surface area contributed by atoms with Crippen LogP contribution in [0.1, 0.15) is 44.7 Å². The molecule has 0 saturated carbocycles. The minimum absolute atomic E-state index is 0.0149. The lowest BCUT2D eigenvalue weighted by molar-refractivity contribution is -0.140. The fourth-order valence-electron chi connectivity index (χ4n) is 6.76. The predicted molar refractivity (Wildman–Crippen MR) is 167 cm³/mol. The zero-order valence-electron chi connectivity index (χ0n) is 26.2. The van der Waals surface area contributed by atoms with Crippen molar-refractivity contribution in [2.24, 2.45) is 0 Å². The molecule has 0 aromatic heterocycles. The van der Waals surface area contributed by atoms with Crippen LogP contribution in [0.5, 0.6) is 34.5 Å². The van der Waals surface area contributed by atoms with Gasteiger partial charge < -0.3 is 48.8 Å². The van der Waals surface area contributed by atoms with Gasteiger partial charge in [-0.3, -0.25) is 9.59 Å². The molecule has 48 heavy (non-hydrogen) atoms. The second kappa shape index (κ2) is 12.0. The summed E-state index contributed by atoms with van der Waals surface area (Å²) in [6, 6.07) is 5.88. The summed E-state index contributed by atoms with van der Waals surface area (Å²) in [7, 11) is 5.39. The first-order valence-corrected chi connectivity index (χ1v) is 14.6. The van der Waals surface area contributed by atoms with Crippen LogP contribution in [0.3, 0.4) is 0 Å². The molecule has 14 heteroatoms. The van der Waals surface area contributed by atoms with Gasteiger partial charge in [0.25, 0.3) is 0 Å². The second-order valence-electron chi connectivity index (χ2n) is 11.3. The van der Waals surface area contributed by atoms with Crippen LogP contribution in [-0.4, -0.2) is 85.0 Å². The summed E-state index contributed by atoms with van der Waals surface area (Å²) in [6.07, 6.45) is -2.75. The van der Waals surface area contributed by atoms with E-state index in [9.17, 15) is 39.6 Å². The minimum Gasteiger partial charge on any atom is -0.507 e. The fourth-order valence-corrected chi connectivity index (χ4v) is 6.76. The first kappa shape index (κ1) is 32.0. The van der Waals surface area contributed by atoms with Gasteiger partial charge in [-0.1, -0.05) is 0 Å². The number of cyclic esters (lactones) is 2. The summed E-state index contributed by atoms with van der Waals surface area (Å²) in [5.74, 6) is -4.29. The number of aliphatic carboxylic acids is 2. The SMILES string of the molecule is COc1cc(O)c2c(OC)c3c(cc2c1-c1c(OC)cc(O)c2c(OC)c4c(cc12)CC(CC(=O)O)OC4=O)CC(CC(=O)O)OC3=O. The number of hydrogen-bond acceptors (Lipinski definition) is 12. The molecule has 250 valence electrons. The highest BCUT2D eigenvalue weighted by molar-refractivity contribution is 6.18. The smallest absolute Gasteiger partial charge is 0.342 e. The molecule has 6 rings (SSSR count). The summed E-state index contributed by atoms with van der Waals surface area (Å²) < 4.78 is 33.7. The molecule has 14 nitrogen and oxygen atoms in total. The average molecular weight is 663 g/mol. The Labute approximate surface area is 271 Å². The molecule has 0 amide bonds. The molecule has 2 atom stereocenters. The molecule has 0 spiro atoms. The Morgan fingerprint density at radius 1 is 0.646 bits per heavy atom. The zero-order valence-corrected chi connectivity index (χ0v) is 26.2. The number of carbonyl (C=O) groups is 4. The van der Waals surface area contributed by atoms with Crippen LogP contribution >= 0.6 is 0 Å². The number of ether oxygens (including phenoxy) is 6. The maximum absolute atomic E-state index is 13.2. The molecule has 2 heterocycles. The van der Waals surface area contributed by atoms with Gasteiger partial charge in [0, 0.05) is 46.9 Å². The van der Waals surface area contributed by atoms with E-state index in [0.29, 0.717) is 33.0 Å². The van der Waals surface area contributed by atoms with Gasteiger partial charge in [-0.25, -0.2) is 9.59 Å². The predicted octanol–water partition coefficient (Wildman–Crippen LogP) is 4.22. The minimum atomic E-state index is -1.16. The van der Waals surface area contributed by atoms with E-state index in [0.717, 1.165) is 0 Å². The third-order valence-corrected chi connectivity index (χ3v) is 8.56.